The number of aryl methyl sites for hydroxylation is 1. The highest BCUT2D eigenvalue weighted by molar-refractivity contribution is 9.10. The maximum Gasteiger partial charge on any atom is 0.298 e. The Bertz CT molecular complexity index is 1370. The van der Waals surface area contributed by atoms with Gasteiger partial charge in [-0.1, -0.05) is 70.4 Å². The van der Waals surface area contributed by atoms with Crippen molar-refractivity contribution >= 4 is 43.9 Å². The Morgan fingerprint density at radius 3 is 2.55 bits per heavy atom. The van der Waals surface area contributed by atoms with Gasteiger partial charge in [-0.15, -0.1) is 11.3 Å². The molecule has 5 heteroatoms. The molecule has 3 aromatic carbocycles. The van der Waals surface area contributed by atoms with Gasteiger partial charge in [-0.3, -0.25) is 4.79 Å². The monoisotopic (exact) mass is 514 g/mol. The molecule has 0 spiro atoms. The minimum absolute atomic E-state index is 0.0905. The van der Waals surface area contributed by atoms with Crippen LogP contribution in [0, 0.1) is 18.8 Å². The summed E-state index contributed by atoms with van der Waals surface area (Å²) in [5, 5.41) is 3.40. The predicted octanol–water partition coefficient (Wildman–Crippen LogP) is 6.79. The summed E-state index contributed by atoms with van der Waals surface area (Å²) in [6, 6.07) is 22.5. The van der Waals surface area contributed by atoms with Gasteiger partial charge in [0.25, 0.3) is 5.91 Å². The number of benzene rings is 3. The fourth-order valence-corrected chi connectivity index (χ4v) is 5.71. The first-order valence-corrected chi connectivity index (χ1v) is 12.7. The quantitative estimate of drug-likeness (QED) is 0.276. The maximum absolute atomic E-state index is 12.8. The second kappa shape index (κ2) is 9.51. The Kier molecular flexibility index (Phi) is 6.30. The fraction of sp³-hybridized carbons (Fsp3) is 0.214. The smallest absolute Gasteiger partial charge is 0.298 e. The third kappa shape index (κ3) is 4.73. The lowest BCUT2D eigenvalue weighted by molar-refractivity contribution is -0.126. The molecule has 4 aromatic rings. The molecule has 1 aromatic heterocycles. The van der Waals surface area contributed by atoms with Crippen LogP contribution >= 0.6 is 27.3 Å². The third-order valence-electron chi connectivity index (χ3n) is 6.16. The van der Waals surface area contributed by atoms with Gasteiger partial charge in [0, 0.05) is 45.4 Å². The van der Waals surface area contributed by atoms with Crippen LogP contribution in [-0.2, 0) is 4.79 Å². The Morgan fingerprint density at radius 1 is 1.03 bits per heavy atom. The highest BCUT2D eigenvalue weighted by Gasteiger charge is 2.26. The van der Waals surface area contributed by atoms with Gasteiger partial charge in [0.1, 0.15) is 0 Å². The summed E-state index contributed by atoms with van der Waals surface area (Å²) in [5.41, 5.74) is 3.12. The van der Waals surface area contributed by atoms with E-state index in [1.165, 1.54) is 9.88 Å². The molecular weight excluding hydrogens is 492 g/mol. The van der Waals surface area contributed by atoms with Crippen molar-refractivity contribution in [2.75, 3.05) is 13.1 Å². The first-order chi connectivity index (χ1) is 16.1. The molecule has 0 radical (unpaired) electrons. The third-order valence-corrected chi connectivity index (χ3v) is 7.82. The summed E-state index contributed by atoms with van der Waals surface area (Å²) in [5.74, 6) is 6.29. The zero-order chi connectivity index (χ0) is 22.8. The van der Waals surface area contributed by atoms with E-state index in [0.29, 0.717) is 5.92 Å². The standard InChI is InChI=1S/C28H23BrN2OS/c1-19-27(22-9-12-24(29)13-10-22)30-28(33-19)23-15-17-31(18-16-23)26(32)14-11-21-7-4-6-20-5-2-3-8-25(20)21/h2-10,12-13,23H,15-18H2,1H3. The van der Waals surface area contributed by atoms with Crippen molar-refractivity contribution in [1.29, 1.82) is 0 Å². The molecule has 1 aliphatic rings. The van der Waals surface area contributed by atoms with Crippen molar-refractivity contribution in [1.82, 2.24) is 9.88 Å². The average molecular weight is 515 g/mol. The molecule has 1 saturated heterocycles. The van der Waals surface area contributed by atoms with E-state index in [1.807, 2.05) is 35.2 Å². The number of fused-ring (bicyclic) bond motifs is 1. The SMILES string of the molecule is Cc1sc(C2CCN(C(=O)C#Cc3cccc4ccccc34)CC2)nc1-c1ccc(Br)cc1. The van der Waals surface area contributed by atoms with Crippen LogP contribution in [0.3, 0.4) is 0 Å². The van der Waals surface area contributed by atoms with Crippen molar-refractivity contribution in [3.05, 3.63) is 86.7 Å². The highest BCUT2D eigenvalue weighted by Crippen LogP contribution is 2.36. The zero-order valence-corrected chi connectivity index (χ0v) is 20.7. The predicted molar refractivity (Wildman–Crippen MR) is 139 cm³/mol. The molecule has 0 N–H and O–H groups in total. The van der Waals surface area contributed by atoms with E-state index in [-0.39, 0.29) is 5.91 Å². The molecular formula is C28H23BrN2OS. The van der Waals surface area contributed by atoms with Gasteiger partial charge in [-0.05, 0) is 48.7 Å². The lowest BCUT2D eigenvalue weighted by Gasteiger charge is -2.29. The van der Waals surface area contributed by atoms with Crippen LogP contribution in [0.15, 0.2) is 71.2 Å². The van der Waals surface area contributed by atoms with Gasteiger partial charge < -0.3 is 4.90 Å². The van der Waals surface area contributed by atoms with Crippen LogP contribution in [0.5, 0.6) is 0 Å². The van der Waals surface area contributed by atoms with Crippen molar-refractivity contribution < 1.29 is 4.79 Å². The lowest BCUT2D eigenvalue weighted by Crippen LogP contribution is -2.37. The molecule has 1 amide bonds. The molecule has 0 bridgehead atoms. The molecule has 0 atom stereocenters. The number of piperidine rings is 1. The molecule has 164 valence electrons. The number of hydrogen-bond donors (Lipinski definition) is 0. The molecule has 0 saturated carbocycles. The fourth-order valence-electron chi connectivity index (χ4n) is 4.33. The van der Waals surface area contributed by atoms with Gasteiger partial charge >= 0.3 is 0 Å². The van der Waals surface area contributed by atoms with E-state index in [1.54, 1.807) is 11.3 Å². The van der Waals surface area contributed by atoms with Gasteiger partial charge in [0.2, 0.25) is 0 Å². The van der Waals surface area contributed by atoms with E-state index < -0.39 is 0 Å². The summed E-state index contributed by atoms with van der Waals surface area (Å²) >= 11 is 5.28. The van der Waals surface area contributed by atoms with Crippen molar-refractivity contribution in [2.45, 2.75) is 25.7 Å². The van der Waals surface area contributed by atoms with E-state index in [4.69, 9.17) is 4.98 Å². The van der Waals surface area contributed by atoms with Gasteiger partial charge in [0.15, 0.2) is 0 Å². The molecule has 33 heavy (non-hydrogen) atoms. The highest BCUT2D eigenvalue weighted by atomic mass is 79.9. The molecule has 5 rings (SSSR count). The molecule has 3 nitrogen and oxygen atoms in total. The van der Waals surface area contributed by atoms with Crippen molar-refractivity contribution in [2.24, 2.45) is 0 Å². The van der Waals surface area contributed by atoms with E-state index in [9.17, 15) is 4.79 Å². The number of likely N-dealkylation sites (tertiary alicyclic amines) is 1. The second-order valence-electron chi connectivity index (χ2n) is 8.31. The Morgan fingerprint density at radius 2 is 1.76 bits per heavy atom. The number of aromatic nitrogens is 1. The molecule has 2 heterocycles. The van der Waals surface area contributed by atoms with E-state index in [2.05, 4.69) is 71.1 Å². The maximum atomic E-state index is 12.8. The number of nitrogens with zero attached hydrogens (tertiary/aromatic N) is 2. The van der Waals surface area contributed by atoms with Crippen LogP contribution in [-0.4, -0.2) is 28.9 Å². The topological polar surface area (TPSA) is 33.2 Å². The van der Waals surface area contributed by atoms with Gasteiger partial charge in [-0.25, -0.2) is 4.98 Å². The Labute approximate surface area is 206 Å². The molecule has 1 fully saturated rings. The normalized spacial score (nSPS) is 14.2. The first kappa shape index (κ1) is 21.9. The molecule has 0 aliphatic carbocycles. The number of amides is 1. The van der Waals surface area contributed by atoms with Crippen LogP contribution in [0.25, 0.3) is 22.0 Å². The van der Waals surface area contributed by atoms with Crippen LogP contribution in [0.4, 0.5) is 0 Å². The summed E-state index contributed by atoms with van der Waals surface area (Å²) in [4.78, 5) is 20.9. The molecule has 1 aliphatic heterocycles. The lowest BCUT2D eigenvalue weighted by atomic mass is 9.97. The second-order valence-corrected chi connectivity index (χ2v) is 10.5. The summed E-state index contributed by atoms with van der Waals surface area (Å²) in [6.07, 6.45) is 1.85. The van der Waals surface area contributed by atoms with Gasteiger partial charge in [-0.2, -0.15) is 0 Å². The zero-order valence-electron chi connectivity index (χ0n) is 18.3. The Hall–Kier alpha value is -2.94. The number of rotatable bonds is 2. The van der Waals surface area contributed by atoms with Crippen molar-refractivity contribution in [3.63, 3.8) is 0 Å². The number of hydrogen-bond acceptors (Lipinski definition) is 3. The molecule has 0 unspecified atom stereocenters. The minimum atomic E-state index is -0.0905. The van der Waals surface area contributed by atoms with Crippen LogP contribution < -0.4 is 0 Å². The number of halogens is 1. The van der Waals surface area contributed by atoms with E-state index >= 15 is 0 Å². The van der Waals surface area contributed by atoms with Crippen LogP contribution in [0.1, 0.15) is 34.2 Å². The average Bonchev–Trinajstić information content (AvgIpc) is 3.24. The minimum Gasteiger partial charge on any atom is -0.332 e. The summed E-state index contributed by atoms with van der Waals surface area (Å²) in [6.45, 7) is 3.58. The Balaban J connectivity index is 1.25. The summed E-state index contributed by atoms with van der Waals surface area (Å²) < 4.78 is 1.07. The number of carbonyl (C=O) groups excluding carboxylic acids is 1. The largest absolute Gasteiger partial charge is 0.332 e. The van der Waals surface area contributed by atoms with Crippen molar-refractivity contribution in [3.8, 4) is 23.1 Å². The number of thiazole rings is 1. The summed E-state index contributed by atoms with van der Waals surface area (Å²) in [7, 11) is 0. The van der Waals surface area contributed by atoms with Gasteiger partial charge in [0.05, 0.1) is 10.7 Å². The van der Waals surface area contributed by atoms with Crippen LogP contribution in [0.2, 0.25) is 0 Å². The first-order valence-electron chi connectivity index (χ1n) is 11.1. The van der Waals surface area contributed by atoms with E-state index in [0.717, 1.165) is 58.0 Å². The number of carbonyl (C=O) groups is 1.